The third-order valence-corrected chi connectivity index (χ3v) is 16.5. The lowest BCUT2D eigenvalue weighted by atomic mass is 9.96. The highest BCUT2D eigenvalue weighted by atomic mass is 16.4. The fourth-order valence-electron chi connectivity index (χ4n) is 10.3. The Morgan fingerprint density at radius 3 is 1.33 bits per heavy atom. The number of hydrogen-bond donors (Lipinski definition) is 22. The third kappa shape index (κ3) is 28.6. The zero-order chi connectivity index (χ0) is 77.2. The number of carboxylic acid groups (broad SMARTS) is 2. The number of H-pyrrole nitrogens is 1. The van der Waals surface area contributed by atoms with E-state index in [4.69, 9.17) is 22.9 Å². The number of nitrogens with one attached hydrogen (secondary N) is 14. The minimum atomic E-state index is -1.87. The summed E-state index contributed by atoms with van der Waals surface area (Å²) in [5.41, 5.74) is 24.4. The molecule has 1 aromatic heterocycles. The smallest absolute Gasteiger partial charge is 0.325 e. The Balaban J connectivity index is 1.87. The molecule has 0 radical (unpaired) electrons. The Morgan fingerprint density at radius 1 is 0.427 bits per heavy atom. The molecule has 0 saturated heterocycles. The summed E-state index contributed by atoms with van der Waals surface area (Å²) >= 11 is 0. The van der Waals surface area contributed by atoms with E-state index in [0.29, 0.717) is 28.5 Å². The van der Waals surface area contributed by atoms with Crippen molar-refractivity contribution in [2.24, 2.45) is 40.7 Å². The molecular weight excluding hydrogens is 1350 g/mol. The van der Waals surface area contributed by atoms with E-state index in [9.17, 15) is 92.3 Å². The Bertz CT molecular complexity index is 3390. The lowest BCUT2D eigenvalue weighted by molar-refractivity contribution is -0.142. The number of amides is 13. The Hall–Kier alpha value is -10.2. The van der Waals surface area contributed by atoms with Gasteiger partial charge < -0.3 is 117 Å². The lowest BCUT2D eigenvalue weighted by Gasteiger charge is -2.30. The molecule has 0 aliphatic carbocycles. The van der Waals surface area contributed by atoms with Crippen molar-refractivity contribution in [2.45, 2.75) is 172 Å². The van der Waals surface area contributed by atoms with Gasteiger partial charge in [-0.2, -0.15) is 0 Å². The van der Waals surface area contributed by atoms with Crippen LogP contribution in [-0.2, 0) is 84.8 Å². The molecule has 0 fully saturated rings. The number of nitrogens with two attached hydrogens (primary N) is 4. The van der Waals surface area contributed by atoms with Gasteiger partial charge in [0.2, 0.25) is 76.8 Å². The number of rotatable bonds is 46. The van der Waals surface area contributed by atoms with Crippen molar-refractivity contribution >= 4 is 99.6 Å². The molecule has 2 aromatic carbocycles. The standard InChI is InChI=1S/C66H102N18O19/c1-8-35(6)54(65(101)73-36(7)66(102)103)84-64(100)53(34(4)5)83-58(94)41(18-19-51(89)90)75-59(95)45(26-37-14-10-9-11-15-37)79-57(93)44(22-25-69)76-56(92)43(21-24-68)77-62(98)48(32-86)81-60(96)46(27-38-29-71-40-17-13-12-16-39(38)40)80-61(97)47(31-85)74-50(88)30-72-55(91)42(20-23-67)78-63(99)52(33(2)3)82-49(87)28-70/h9-17,29,33-36,41-48,52-54,71,85-86H,8,18-28,30-32,67-70H2,1-7H3,(H,72,91)(H,73,101)(H,74,88)(H,75,95)(H,76,92)(H,77,98)(H,78,99)(H,79,93)(H,80,97)(H,81,96)(H,82,87)(H,83,94)(H,84,100)(H,89,90)(H,102,103)/t35-,36-,41-,42+,43-,44+,45-,46+,47+,48-,52+,53-,54+/m0/s1. The van der Waals surface area contributed by atoms with E-state index in [-0.39, 0.29) is 51.7 Å². The van der Waals surface area contributed by atoms with Gasteiger partial charge in [0, 0.05) is 36.4 Å². The van der Waals surface area contributed by atoms with Crippen LogP contribution in [0.2, 0.25) is 0 Å². The first-order valence-corrected chi connectivity index (χ1v) is 33.7. The average molecular weight is 1450 g/mol. The van der Waals surface area contributed by atoms with Crippen LogP contribution in [0.5, 0.6) is 0 Å². The molecule has 103 heavy (non-hydrogen) atoms. The van der Waals surface area contributed by atoms with E-state index < -0.39 is 218 Å². The number of aliphatic hydroxyl groups excluding tert-OH is 2. The van der Waals surface area contributed by atoms with Gasteiger partial charge in [0.1, 0.15) is 72.5 Å². The molecule has 0 aliphatic rings. The summed E-state index contributed by atoms with van der Waals surface area (Å²) in [5, 5.41) is 72.4. The van der Waals surface area contributed by atoms with Crippen molar-refractivity contribution in [3.63, 3.8) is 0 Å². The van der Waals surface area contributed by atoms with Crippen molar-refractivity contribution in [3.8, 4) is 0 Å². The molecule has 570 valence electrons. The minimum absolute atomic E-state index is 0.0943. The van der Waals surface area contributed by atoms with Gasteiger partial charge >= 0.3 is 11.9 Å². The van der Waals surface area contributed by atoms with Crippen molar-refractivity contribution in [3.05, 3.63) is 71.9 Å². The predicted molar refractivity (Wildman–Crippen MR) is 372 cm³/mol. The van der Waals surface area contributed by atoms with E-state index in [1.807, 2.05) is 0 Å². The fourth-order valence-corrected chi connectivity index (χ4v) is 10.3. The van der Waals surface area contributed by atoms with Crippen LogP contribution in [0.4, 0.5) is 0 Å². The van der Waals surface area contributed by atoms with Gasteiger partial charge in [-0.05, 0) is 87.2 Å². The Kier molecular flexibility index (Phi) is 37.4. The summed E-state index contributed by atoms with van der Waals surface area (Å²) in [7, 11) is 0. The minimum Gasteiger partial charge on any atom is -0.481 e. The molecule has 37 nitrogen and oxygen atoms in total. The van der Waals surface area contributed by atoms with Crippen LogP contribution >= 0.6 is 0 Å². The second-order valence-electron chi connectivity index (χ2n) is 25.2. The topological polar surface area (TPSA) is 613 Å². The Morgan fingerprint density at radius 2 is 0.835 bits per heavy atom. The van der Waals surface area contributed by atoms with Crippen LogP contribution in [-0.4, -0.2) is 233 Å². The summed E-state index contributed by atoms with van der Waals surface area (Å²) in [5.74, 6) is -16.9. The molecule has 0 unspecified atom stereocenters. The molecule has 13 atom stereocenters. The highest BCUT2D eigenvalue weighted by Gasteiger charge is 2.38. The van der Waals surface area contributed by atoms with E-state index in [0.717, 1.165) is 0 Å². The molecular formula is C66H102N18O19. The first-order chi connectivity index (χ1) is 48.8. The van der Waals surface area contributed by atoms with Crippen molar-refractivity contribution in [1.29, 1.82) is 0 Å². The molecule has 26 N–H and O–H groups in total. The van der Waals surface area contributed by atoms with Gasteiger partial charge in [-0.3, -0.25) is 71.9 Å². The van der Waals surface area contributed by atoms with Gasteiger partial charge in [0.25, 0.3) is 0 Å². The molecule has 3 aromatic rings. The van der Waals surface area contributed by atoms with Crippen LogP contribution in [0.3, 0.4) is 0 Å². The number of aliphatic carboxylic acids is 2. The number of aliphatic hydroxyl groups is 2. The first-order valence-electron chi connectivity index (χ1n) is 33.7. The van der Waals surface area contributed by atoms with Crippen molar-refractivity contribution in [2.75, 3.05) is 45.9 Å². The number of hydrogen-bond acceptors (Lipinski definition) is 21. The van der Waals surface area contributed by atoms with Gasteiger partial charge in [0.05, 0.1) is 26.3 Å². The summed E-state index contributed by atoms with van der Waals surface area (Å²) < 4.78 is 0. The molecule has 0 spiro atoms. The summed E-state index contributed by atoms with van der Waals surface area (Å²) in [6.45, 7) is 6.99. The van der Waals surface area contributed by atoms with Gasteiger partial charge in [-0.15, -0.1) is 0 Å². The van der Waals surface area contributed by atoms with E-state index >= 15 is 0 Å². The van der Waals surface area contributed by atoms with Crippen molar-refractivity contribution < 1.29 is 92.3 Å². The van der Waals surface area contributed by atoms with Crippen LogP contribution in [0.1, 0.15) is 98.1 Å². The number of aromatic nitrogens is 1. The Labute approximate surface area is 594 Å². The normalized spacial score (nSPS) is 15.0. The van der Waals surface area contributed by atoms with E-state index in [1.165, 1.54) is 13.1 Å². The summed E-state index contributed by atoms with van der Waals surface area (Å²) in [6, 6.07) is -3.11. The maximum Gasteiger partial charge on any atom is 0.325 e. The summed E-state index contributed by atoms with van der Waals surface area (Å²) in [6.07, 6.45) is -0.628. The summed E-state index contributed by atoms with van der Waals surface area (Å²) in [4.78, 5) is 205. The first kappa shape index (κ1) is 87.0. The molecule has 0 saturated carbocycles. The number of carboxylic acids is 2. The number of benzene rings is 2. The third-order valence-electron chi connectivity index (χ3n) is 16.5. The monoisotopic (exact) mass is 1450 g/mol. The molecule has 37 heteroatoms. The molecule has 1 heterocycles. The highest BCUT2D eigenvalue weighted by Crippen LogP contribution is 2.20. The molecule has 13 amide bonds. The van der Waals surface area contributed by atoms with Crippen LogP contribution in [0.25, 0.3) is 10.9 Å². The predicted octanol–water partition coefficient (Wildman–Crippen LogP) is -6.80. The van der Waals surface area contributed by atoms with Crippen LogP contribution in [0, 0.1) is 17.8 Å². The maximum absolute atomic E-state index is 14.5. The largest absolute Gasteiger partial charge is 0.481 e. The quantitative estimate of drug-likeness (QED) is 0.0250. The number of fused-ring (bicyclic) bond motifs is 1. The van der Waals surface area contributed by atoms with Gasteiger partial charge in [-0.1, -0.05) is 96.5 Å². The van der Waals surface area contributed by atoms with Gasteiger partial charge in [-0.25, -0.2) is 0 Å². The SMILES string of the molecule is CC[C@H](C)[C@@H](NC(=O)[C@@H](NC(=O)[C@H](CCC(=O)O)NC(=O)[C@H](Cc1ccccc1)NC(=O)[C@@H](CCN)NC(=O)[C@H](CCN)NC(=O)[C@H](CO)NC(=O)[C@@H](Cc1c[nH]c2ccccc12)NC(=O)[C@@H](CO)NC(=O)CNC(=O)[C@@H](CCN)NC(=O)[C@H](NC(=O)CN)C(C)C)C(C)C)C(=O)N[C@@H](C)C(=O)O. The van der Waals surface area contributed by atoms with Crippen molar-refractivity contribution in [1.82, 2.24) is 74.1 Å². The zero-order valence-electron chi connectivity index (χ0n) is 58.8. The molecule has 3 rings (SSSR count). The van der Waals surface area contributed by atoms with E-state index in [1.54, 1.807) is 96.1 Å². The molecule has 0 aliphatic heterocycles. The van der Waals surface area contributed by atoms with E-state index in [2.05, 4.69) is 74.1 Å². The molecule has 0 bridgehead atoms. The maximum atomic E-state index is 14.5. The number of carbonyl (C=O) groups excluding carboxylic acids is 13. The highest BCUT2D eigenvalue weighted by molar-refractivity contribution is 6.00. The van der Waals surface area contributed by atoms with Gasteiger partial charge in [0.15, 0.2) is 0 Å². The van der Waals surface area contributed by atoms with Crippen LogP contribution in [0.15, 0.2) is 60.8 Å². The number of aromatic amines is 1. The van der Waals surface area contributed by atoms with Crippen LogP contribution < -0.4 is 92.1 Å². The fraction of sp³-hybridized carbons (Fsp3) is 0.561. The lowest BCUT2D eigenvalue weighted by Crippen LogP contribution is -2.62. The second-order valence-corrected chi connectivity index (χ2v) is 25.2. The zero-order valence-corrected chi connectivity index (χ0v) is 58.8. The second kappa shape index (κ2) is 44.2. The average Bonchev–Trinajstić information content (AvgIpc) is 1.47. The number of carbonyl (C=O) groups is 15. The number of para-hydroxylation sites is 1.